The number of rotatable bonds is 3. The number of benzene rings is 2. The first-order valence-electron chi connectivity index (χ1n) is 7.87. The fraction of sp³-hybridized carbons (Fsp3) is 0.211. The lowest BCUT2D eigenvalue weighted by Gasteiger charge is -2.22. The average molecular weight is 346 g/mol. The van der Waals surface area contributed by atoms with Gasteiger partial charge in [-0.25, -0.2) is 0 Å². The van der Waals surface area contributed by atoms with Crippen LogP contribution in [0.5, 0.6) is 0 Å². The number of hydrogen-bond donors (Lipinski definition) is 1. The van der Waals surface area contributed by atoms with Crippen molar-refractivity contribution in [2.45, 2.75) is 12.2 Å². The number of amides is 1. The summed E-state index contributed by atoms with van der Waals surface area (Å²) in [5.41, 5.74) is 0.218. The van der Waals surface area contributed by atoms with E-state index in [2.05, 4.69) is 5.32 Å². The molecule has 1 atom stereocenters. The van der Waals surface area contributed by atoms with Crippen molar-refractivity contribution in [3.63, 3.8) is 0 Å². The molecule has 25 heavy (non-hydrogen) atoms. The summed E-state index contributed by atoms with van der Waals surface area (Å²) in [7, 11) is 0. The van der Waals surface area contributed by atoms with Gasteiger partial charge in [0.25, 0.3) is 0 Å². The van der Waals surface area contributed by atoms with Gasteiger partial charge in [0.15, 0.2) is 0 Å². The predicted molar refractivity (Wildman–Crippen MR) is 89.4 cm³/mol. The van der Waals surface area contributed by atoms with Crippen LogP contribution in [0.1, 0.15) is 22.7 Å². The Hall–Kier alpha value is -2.60. The zero-order valence-corrected chi connectivity index (χ0v) is 13.3. The normalized spacial score (nSPS) is 18.0. The smallest absolute Gasteiger partial charge is 0.318 e. The highest BCUT2D eigenvalue weighted by Crippen LogP contribution is 2.32. The Morgan fingerprint density at radius 2 is 1.76 bits per heavy atom. The number of nitrogens with zero attached hydrogens (tertiary/aromatic N) is 1. The quantitative estimate of drug-likeness (QED) is 0.856. The second-order valence-electron chi connectivity index (χ2n) is 5.77. The number of alkyl halides is 3. The lowest BCUT2D eigenvalue weighted by molar-refractivity contribution is -0.137. The van der Waals surface area contributed by atoms with Crippen LogP contribution >= 0.6 is 0 Å². The van der Waals surface area contributed by atoms with E-state index >= 15 is 0 Å². The second kappa shape index (κ2) is 7.11. The van der Waals surface area contributed by atoms with E-state index in [9.17, 15) is 18.0 Å². The summed E-state index contributed by atoms with van der Waals surface area (Å²) in [5, 5.41) is 3.13. The van der Waals surface area contributed by atoms with Gasteiger partial charge in [-0.1, -0.05) is 48.5 Å². The molecule has 1 aliphatic rings. The Bertz CT molecular complexity index is 772. The van der Waals surface area contributed by atoms with Crippen LogP contribution in [-0.2, 0) is 11.0 Å². The molecule has 1 unspecified atom stereocenters. The van der Waals surface area contributed by atoms with Crippen molar-refractivity contribution < 1.29 is 18.0 Å². The first-order chi connectivity index (χ1) is 12.0. The van der Waals surface area contributed by atoms with Gasteiger partial charge in [0, 0.05) is 12.6 Å². The molecule has 1 aliphatic heterocycles. The van der Waals surface area contributed by atoms with Crippen molar-refractivity contribution in [2.24, 2.45) is 0 Å². The number of halogens is 3. The second-order valence-corrected chi connectivity index (χ2v) is 5.77. The summed E-state index contributed by atoms with van der Waals surface area (Å²) in [6, 6.07) is 14.6. The number of carbonyl (C=O) groups is 1. The topological polar surface area (TPSA) is 32.3 Å². The van der Waals surface area contributed by atoms with Crippen molar-refractivity contribution >= 4 is 12.0 Å². The van der Waals surface area contributed by atoms with Gasteiger partial charge in [0.1, 0.15) is 0 Å². The number of carbonyl (C=O) groups excluding carboxylic acids is 1. The molecule has 1 fully saturated rings. The monoisotopic (exact) mass is 346 g/mol. The van der Waals surface area contributed by atoms with Crippen molar-refractivity contribution in [3.05, 3.63) is 77.4 Å². The SMILES string of the molecule is O=C(/C=C/c1ccccc1C(F)(F)F)N1CNCC1c1ccccc1. The third kappa shape index (κ3) is 3.91. The van der Waals surface area contributed by atoms with Gasteiger partial charge >= 0.3 is 6.18 Å². The summed E-state index contributed by atoms with van der Waals surface area (Å²) < 4.78 is 39.1. The van der Waals surface area contributed by atoms with Crippen molar-refractivity contribution in [1.82, 2.24) is 10.2 Å². The van der Waals surface area contributed by atoms with E-state index in [1.807, 2.05) is 30.3 Å². The summed E-state index contributed by atoms with van der Waals surface area (Å²) in [6.45, 7) is 0.979. The minimum absolute atomic E-state index is 0.0215. The molecule has 3 rings (SSSR count). The first kappa shape index (κ1) is 17.2. The van der Waals surface area contributed by atoms with Gasteiger partial charge in [-0.15, -0.1) is 0 Å². The van der Waals surface area contributed by atoms with E-state index in [-0.39, 0.29) is 17.5 Å². The molecule has 130 valence electrons. The Balaban J connectivity index is 1.80. The molecular weight excluding hydrogens is 329 g/mol. The highest BCUT2D eigenvalue weighted by atomic mass is 19.4. The predicted octanol–water partition coefficient (Wildman–Crippen LogP) is 3.85. The van der Waals surface area contributed by atoms with Crippen LogP contribution in [0, 0.1) is 0 Å². The maximum absolute atomic E-state index is 13.0. The molecule has 2 aromatic rings. The van der Waals surface area contributed by atoms with Crippen LogP contribution in [0.3, 0.4) is 0 Å². The van der Waals surface area contributed by atoms with E-state index in [0.717, 1.165) is 11.6 Å². The molecule has 0 aromatic heterocycles. The Kier molecular flexibility index (Phi) is 4.90. The van der Waals surface area contributed by atoms with Crippen LogP contribution in [-0.4, -0.2) is 24.0 Å². The molecule has 0 radical (unpaired) electrons. The molecule has 2 aromatic carbocycles. The van der Waals surface area contributed by atoms with E-state index < -0.39 is 11.7 Å². The molecule has 0 saturated carbocycles. The van der Waals surface area contributed by atoms with Gasteiger partial charge < -0.3 is 4.90 Å². The minimum atomic E-state index is -4.45. The molecule has 0 aliphatic carbocycles. The van der Waals surface area contributed by atoms with Crippen LogP contribution in [0.2, 0.25) is 0 Å². The number of hydrogen-bond acceptors (Lipinski definition) is 2. The third-order valence-electron chi connectivity index (χ3n) is 4.14. The first-order valence-corrected chi connectivity index (χ1v) is 7.87. The third-order valence-corrected chi connectivity index (χ3v) is 4.14. The van der Waals surface area contributed by atoms with E-state index in [4.69, 9.17) is 0 Å². The van der Waals surface area contributed by atoms with Crippen LogP contribution in [0.15, 0.2) is 60.7 Å². The highest BCUT2D eigenvalue weighted by molar-refractivity contribution is 5.92. The van der Waals surface area contributed by atoms with E-state index in [1.54, 1.807) is 4.90 Å². The zero-order valence-electron chi connectivity index (χ0n) is 13.3. The lowest BCUT2D eigenvalue weighted by Crippen LogP contribution is -2.30. The number of nitrogens with one attached hydrogen (secondary N) is 1. The lowest BCUT2D eigenvalue weighted by atomic mass is 10.1. The van der Waals surface area contributed by atoms with Crippen LogP contribution < -0.4 is 5.32 Å². The summed E-state index contributed by atoms with van der Waals surface area (Å²) in [5.74, 6) is -0.323. The molecule has 3 nitrogen and oxygen atoms in total. The zero-order chi connectivity index (χ0) is 17.9. The molecule has 1 heterocycles. The fourth-order valence-corrected chi connectivity index (χ4v) is 2.90. The maximum Gasteiger partial charge on any atom is 0.416 e. The Morgan fingerprint density at radius 1 is 1.08 bits per heavy atom. The van der Waals surface area contributed by atoms with E-state index in [0.29, 0.717) is 13.2 Å². The van der Waals surface area contributed by atoms with Crippen molar-refractivity contribution in [2.75, 3.05) is 13.2 Å². The average Bonchev–Trinajstić information content (AvgIpc) is 3.10. The molecule has 1 amide bonds. The summed E-state index contributed by atoms with van der Waals surface area (Å²) >= 11 is 0. The Labute approximate surface area is 143 Å². The van der Waals surface area contributed by atoms with Gasteiger partial charge in [-0.05, 0) is 23.3 Å². The van der Waals surface area contributed by atoms with Gasteiger partial charge in [-0.3, -0.25) is 10.1 Å². The minimum Gasteiger partial charge on any atom is -0.318 e. The van der Waals surface area contributed by atoms with E-state index in [1.165, 1.54) is 30.4 Å². The molecule has 0 bridgehead atoms. The van der Waals surface area contributed by atoms with Gasteiger partial charge in [0.05, 0.1) is 18.3 Å². The van der Waals surface area contributed by atoms with Crippen molar-refractivity contribution in [1.29, 1.82) is 0 Å². The van der Waals surface area contributed by atoms with Crippen molar-refractivity contribution in [3.8, 4) is 0 Å². The fourth-order valence-electron chi connectivity index (χ4n) is 2.90. The van der Waals surface area contributed by atoms with Gasteiger partial charge in [-0.2, -0.15) is 13.2 Å². The maximum atomic E-state index is 13.0. The standard InChI is InChI=1S/C19H17F3N2O/c20-19(21,22)16-9-5-4-6-14(16)10-11-18(25)24-13-23-12-17(24)15-7-2-1-3-8-15/h1-11,17,23H,12-13H2/b11-10+. The Morgan fingerprint density at radius 3 is 2.48 bits per heavy atom. The van der Waals surface area contributed by atoms with Gasteiger partial charge in [0.2, 0.25) is 5.91 Å². The largest absolute Gasteiger partial charge is 0.416 e. The molecule has 6 heteroatoms. The molecular formula is C19H17F3N2O. The van der Waals surface area contributed by atoms with Crippen LogP contribution in [0.4, 0.5) is 13.2 Å². The molecule has 1 N–H and O–H groups in total. The molecule has 0 spiro atoms. The van der Waals surface area contributed by atoms with Crippen LogP contribution in [0.25, 0.3) is 6.08 Å². The summed E-state index contributed by atoms with van der Waals surface area (Å²) in [6.07, 6.45) is -2.02. The summed E-state index contributed by atoms with van der Waals surface area (Å²) in [4.78, 5) is 14.1. The highest BCUT2D eigenvalue weighted by Gasteiger charge is 2.32. The molecule has 1 saturated heterocycles.